The van der Waals surface area contributed by atoms with Crippen molar-refractivity contribution in [3.05, 3.63) is 58.0 Å². The van der Waals surface area contributed by atoms with Crippen molar-refractivity contribution in [3.63, 3.8) is 0 Å². The van der Waals surface area contributed by atoms with E-state index in [1.54, 1.807) is 24.5 Å². The Bertz CT molecular complexity index is 1140. The highest BCUT2D eigenvalue weighted by atomic mass is 32.1. The van der Waals surface area contributed by atoms with Crippen molar-refractivity contribution >= 4 is 23.2 Å². The van der Waals surface area contributed by atoms with E-state index >= 15 is 0 Å². The van der Waals surface area contributed by atoms with Crippen molar-refractivity contribution in [2.24, 2.45) is 11.8 Å². The molecule has 3 aromatic rings. The van der Waals surface area contributed by atoms with Crippen LogP contribution in [0.1, 0.15) is 55.5 Å². The second kappa shape index (κ2) is 11.8. The number of halogens is 3. The van der Waals surface area contributed by atoms with E-state index in [9.17, 15) is 18.0 Å². The zero-order valence-corrected chi connectivity index (χ0v) is 21.0. The maximum absolute atomic E-state index is 13.2. The average molecular weight is 518 g/mol. The van der Waals surface area contributed by atoms with Gasteiger partial charge < -0.3 is 10.6 Å². The summed E-state index contributed by atoms with van der Waals surface area (Å²) in [6.07, 6.45) is 1.71. The summed E-state index contributed by atoms with van der Waals surface area (Å²) in [6, 6.07) is 7.37. The quantitative estimate of drug-likeness (QED) is 0.358. The van der Waals surface area contributed by atoms with Gasteiger partial charge in [0.05, 0.1) is 5.56 Å². The lowest BCUT2D eigenvalue weighted by atomic mass is 9.79. The van der Waals surface area contributed by atoms with Gasteiger partial charge in [-0.3, -0.25) is 4.79 Å². The van der Waals surface area contributed by atoms with Gasteiger partial charge in [-0.25, -0.2) is 4.98 Å². The molecular weight excluding hydrogens is 487 g/mol. The molecule has 2 heterocycles. The van der Waals surface area contributed by atoms with Gasteiger partial charge in [-0.05, 0) is 61.1 Å². The van der Waals surface area contributed by atoms with E-state index in [1.807, 2.05) is 16.8 Å². The van der Waals surface area contributed by atoms with E-state index in [1.165, 1.54) is 12.1 Å². The number of nitrogens with zero attached hydrogens (tertiary/aromatic N) is 3. The topological polar surface area (TPSA) is 79.8 Å². The number of aromatic nitrogens is 3. The van der Waals surface area contributed by atoms with Crippen LogP contribution in [0.15, 0.2) is 41.1 Å². The van der Waals surface area contributed by atoms with Crippen LogP contribution >= 0.6 is 11.3 Å². The molecule has 6 nitrogen and oxygen atoms in total. The van der Waals surface area contributed by atoms with E-state index in [2.05, 4.69) is 25.6 Å². The molecule has 0 saturated heterocycles. The predicted octanol–water partition coefficient (Wildman–Crippen LogP) is 6.11. The summed E-state index contributed by atoms with van der Waals surface area (Å²) in [5, 5.41) is 9.74. The largest absolute Gasteiger partial charge is 0.416 e. The van der Waals surface area contributed by atoms with Crippen molar-refractivity contribution < 1.29 is 18.0 Å². The van der Waals surface area contributed by atoms with Gasteiger partial charge in [0.25, 0.3) is 0 Å². The fourth-order valence-electron chi connectivity index (χ4n) is 4.70. The van der Waals surface area contributed by atoms with Gasteiger partial charge in [0.1, 0.15) is 5.82 Å². The van der Waals surface area contributed by atoms with E-state index in [-0.39, 0.29) is 23.9 Å². The number of thiophene rings is 1. The third-order valence-electron chi connectivity index (χ3n) is 6.69. The molecule has 0 radical (unpaired) electrons. The standard InChI is InChI=1S/C26H30F3N5OS/c1-30-25-33-22(32-23(34-25)20-13-14-36-16-20)8-4-5-17-9-11-18(12-10-17)24(35)31-15-19-6-2-3-7-21(19)26(27,28)29/h2-3,6-7,13-14,16-18H,4-5,8-12,15H2,1H3,(H,31,35)(H,30,32,33,34). The lowest BCUT2D eigenvalue weighted by Gasteiger charge is -2.28. The Morgan fingerprint density at radius 1 is 1.08 bits per heavy atom. The molecule has 36 heavy (non-hydrogen) atoms. The first-order valence-electron chi connectivity index (χ1n) is 12.2. The summed E-state index contributed by atoms with van der Waals surface area (Å²) in [5.74, 6) is 2.23. The number of amides is 1. The molecule has 2 aromatic heterocycles. The molecule has 10 heteroatoms. The lowest BCUT2D eigenvalue weighted by Crippen LogP contribution is -2.33. The summed E-state index contributed by atoms with van der Waals surface area (Å²) in [6.45, 7) is -0.109. The van der Waals surface area contributed by atoms with Crippen molar-refractivity contribution in [2.75, 3.05) is 12.4 Å². The van der Waals surface area contributed by atoms with Crippen LogP contribution in [0.25, 0.3) is 11.4 Å². The maximum Gasteiger partial charge on any atom is 0.416 e. The van der Waals surface area contributed by atoms with Crippen molar-refractivity contribution in [1.82, 2.24) is 20.3 Å². The highest BCUT2D eigenvalue weighted by molar-refractivity contribution is 7.08. The molecule has 192 valence electrons. The van der Waals surface area contributed by atoms with Crippen molar-refractivity contribution in [2.45, 2.75) is 57.7 Å². The Labute approximate surface area is 212 Å². The van der Waals surface area contributed by atoms with E-state index in [0.717, 1.165) is 62.4 Å². The van der Waals surface area contributed by atoms with Crippen LogP contribution in [0.4, 0.5) is 19.1 Å². The normalized spacial score (nSPS) is 18.1. The van der Waals surface area contributed by atoms with E-state index in [0.29, 0.717) is 17.7 Å². The number of hydrogen-bond donors (Lipinski definition) is 2. The number of aryl methyl sites for hydroxylation is 1. The molecule has 1 aliphatic rings. The molecule has 0 spiro atoms. The first-order chi connectivity index (χ1) is 17.3. The number of anilines is 1. The number of carbonyl (C=O) groups excluding carboxylic acids is 1. The molecule has 1 fully saturated rings. The number of rotatable bonds is 9. The smallest absolute Gasteiger partial charge is 0.357 e. The molecule has 0 atom stereocenters. The van der Waals surface area contributed by atoms with Gasteiger partial charge in [-0.2, -0.15) is 34.5 Å². The number of carbonyl (C=O) groups is 1. The highest BCUT2D eigenvalue weighted by Crippen LogP contribution is 2.33. The minimum absolute atomic E-state index is 0.0916. The molecule has 4 rings (SSSR count). The summed E-state index contributed by atoms with van der Waals surface area (Å²) in [4.78, 5) is 26.2. The first kappa shape index (κ1) is 26.1. The molecule has 1 aromatic carbocycles. The predicted molar refractivity (Wildman–Crippen MR) is 134 cm³/mol. The summed E-state index contributed by atoms with van der Waals surface area (Å²) >= 11 is 1.60. The minimum Gasteiger partial charge on any atom is -0.357 e. The third kappa shape index (κ3) is 6.81. The van der Waals surface area contributed by atoms with Gasteiger partial charge in [0.15, 0.2) is 5.82 Å². The minimum atomic E-state index is -4.43. The van der Waals surface area contributed by atoms with Gasteiger partial charge in [-0.15, -0.1) is 0 Å². The maximum atomic E-state index is 13.2. The molecule has 1 saturated carbocycles. The Morgan fingerprint density at radius 3 is 2.56 bits per heavy atom. The van der Waals surface area contributed by atoms with Crippen molar-refractivity contribution in [1.29, 1.82) is 0 Å². The third-order valence-corrected chi connectivity index (χ3v) is 7.37. The van der Waals surface area contributed by atoms with E-state index in [4.69, 9.17) is 0 Å². The number of benzene rings is 1. The van der Waals surface area contributed by atoms with Crippen LogP contribution in [0, 0.1) is 11.8 Å². The Morgan fingerprint density at radius 2 is 1.86 bits per heavy atom. The van der Waals surface area contributed by atoms with Crippen LogP contribution in [0.2, 0.25) is 0 Å². The molecule has 0 aliphatic heterocycles. The van der Waals surface area contributed by atoms with Crippen LogP contribution in [-0.4, -0.2) is 27.9 Å². The second-order valence-corrected chi connectivity index (χ2v) is 9.92. The molecular formula is C26H30F3N5OS. The monoisotopic (exact) mass is 517 g/mol. The fraction of sp³-hybridized carbons (Fsp3) is 0.462. The summed E-state index contributed by atoms with van der Waals surface area (Å²) in [7, 11) is 1.79. The molecule has 2 N–H and O–H groups in total. The van der Waals surface area contributed by atoms with Crippen LogP contribution < -0.4 is 10.6 Å². The first-order valence-corrected chi connectivity index (χ1v) is 13.2. The molecule has 0 unspecified atom stereocenters. The number of hydrogen-bond acceptors (Lipinski definition) is 6. The second-order valence-electron chi connectivity index (χ2n) is 9.14. The zero-order chi connectivity index (χ0) is 25.5. The lowest BCUT2D eigenvalue weighted by molar-refractivity contribution is -0.138. The SMILES string of the molecule is CNc1nc(CCCC2CCC(C(=O)NCc3ccccc3C(F)(F)F)CC2)nc(-c2ccsc2)n1. The van der Waals surface area contributed by atoms with Crippen LogP contribution in [-0.2, 0) is 23.9 Å². The Kier molecular flexibility index (Phi) is 8.56. The summed E-state index contributed by atoms with van der Waals surface area (Å²) < 4.78 is 39.5. The molecule has 0 bridgehead atoms. The average Bonchev–Trinajstić information content (AvgIpc) is 3.42. The highest BCUT2D eigenvalue weighted by Gasteiger charge is 2.33. The molecule has 1 aliphatic carbocycles. The van der Waals surface area contributed by atoms with Gasteiger partial charge >= 0.3 is 6.18 Å². The zero-order valence-electron chi connectivity index (χ0n) is 20.1. The van der Waals surface area contributed by atoms with Gasteiger partial charge in [-0.1, -0.05) is 24.6 Å². The van der Waals surface area contributed by atoms with Crippen LogP contribution in [0.5, 0.6) is 0 Å². The van der Waals surface area contributed by atoms with Crippen LogP contribution in [0.3, 0.4) is 0 Å². The van der Waals surface area contributed by atoms with E-state index < -0.39 is 11.7 Å². The van der Waals surface area contributed by atoms with Crippen molar-refractivity contribution in [3.8, 4) is 11.4 Å². The fourth-order valence-corrected chi connectivity index (χ4v) is 5.34. The van der Waals surface area contributed by atoms with Gasteiger partial charge in [0.2, 0.25) is 11.9 Å². The summed E-state index contributed by atoms with van der Waals surface area (Å²) in [5.41, 5.74) is 0.379. The van der Waals surface area contributed by atoms with Gasteiger partial charge in [0, 0.05) is 36.9 Å². The number of nitrogens with one attached hydrogen (secondary N) is 2. The number of alkyl halides is 3. The Hall–Kier alpha value is -3.01. The Balaban J connectivity index is 1.22. The molecule has 1 amide bonds.